The van der Waals surface area contributed by atoms with E-state index in [1.165, 1.54) is 51.5 Å². The third-order valence-electron chi connectivity index (χ3n) is 5.79. The van der Waals surface area contributed by atoms with Crippen LogP contribution in [0.3, 0.4) is 0 Å². The Hall–Kier alpha value is -3.00. The molecular weight excluding hydrogens is 318 g/mol. The Bertz CT molecular complexity index is 1270. The van der Waals surface area contributed by atoms with Crippen LogP contribution in [0.2, 0.25) is 0 Å². The van der Waals surface area contributed by atoms with Gasteiger partial charge in [-0.1, -0.05) is 36.4 Å². The van der Waals surface area contributed by atoms with Crippen molar-refractivity contribution in [3.05, 3.63) is 78.0 Å². The van der Waals surface area contributed by atoms with E-state index in [0.29, 0.717) is 0 Å². The molecule has 0 radical (unpaired) electrons. The quantitative estimate of drug-likeness (QED) is 0.346. The molecule has 0 saturated heterocycles. The van der Waals surface area contributed by atoms with Crippen molar-refractivity contribution in [3.63, 3.8) is 0 Å². The van der Waals surface area contributed by atoms with Gasteiger partial charge >= 0.3 is 0 Å². The lowest BCUT2D eigenvalue weighted by molar-refractivity contribution is 0.667. The molecule has 0 N–H and O–H groups in total. The third kappa shape index (κ3) is 1.82. The van der Waals surface area contributed by atoms with E-state index >= 15 is 0 Å². The van der Waals surface area contributed by atoms with Crippen LogP contribution in [0.5, 0.6) is 0 Å². The van der Waals surface area contributed by atoms with Crippen LogP contribution in [0.4, 0.5) is 0 Å². The second-order valence-corrected chi connectivity index (χ2v) is 7.23. The fraction of sp³-hybridized carbons (Fsp3) is 0.167. The lowest BCUT2D eigenvalue weighted by Crippen LogP contribution is -2.06. The number of aryl methyl sites for hydroxylation is 1. The SMILES string of the molecule is c1ccc(-n2c3c(c4c5c(ccc42)oc2ccccc25)CCCC3)cc1. The number of furan rings is 1. The molecule has 0 saturated carbocycles. The highest BCUT2D eigenvalue weighted by atomic mass is 16.3. The molecule has 2 aromatic heterocycles. The highest BCUT2D eigenvalue weighted by molar-refractivity contribution is 6.20. The number of hydrogen-bond acceptors (Lipinski definition) is 1. The number of para-hydroxylation sites is 2. The molecule has 3 aromatic carbocycles. The smallest absolute Gasteiger partial charge is 0.136 e. The van der Waals surface area contributed by atoms with Crippen molar-refractivity contribution in [2.45, 2.75) is 25.7 Å². The van der Waals surface area contributed by atoms with E-state index < -0.39 is 0 Å². The maximum Gasteiger partial charge on any atom is 0.136 e. The number of hydrogen-bond donors (Lipinski definition) is 0. The largest absolute Gasteiger partial charge is 0.456 e. The van der Waals surface area contributed by atoms with Gasteiger partial charge in [0, 0.05) is 27.5 Å². The molecule has 5 aromatic rings. The molecule has 0 aliphatic heterocycles. The van der Waals surface area contributed by atoms with Gasteiger partial charge < -0.3 is 8.98 Å². The van der Waals surface area contributed by atoms with Gasteiger partial charge in [-0.2, -0.15) is 0 Å². The van der Waals surface area contributed by atoms with Gasteiger partial charge in [0.1, 0.15) is 11.2 Å². The maximum absolute atomic E-state index is 6.16. The Morgan fingerprint density at radius 3 is 2.42 bits per heavy atom. The summed E-state index contributed by atoms with van der Waals surface area (Å²) in [5.74, 6) is 0. The molecule has 6 rings (SSSR count). The average molecular weight is 337 g/mol. The van der Waals surface area contributed by atoms with Gasteiger partial charge in [-0.05, 0) is 61.6 Å². The first-order valence-electron chi connectivity index (χ1n) is 9.43. The number of nitrogens with zero attached hydrogens (tertiary/aromatic N) is 1. The Kier molecular flexibility index (Phi) is 2.87. The average Bonchev–Trinajstić information content (AvgIpc) is 3.24. The summed E-state index contributed by atoms with van der Waals surface area (Å²) < 4.78 is 8.63. The second kappa shape index (κ2) is 5.25. The predicted molar refractivity (Wildman–Crippen MR) is 107 cm³/mol. The van der Waals surface area contributed by atoms with Crippen LogP contribution in [0.25, 0.3) is 38.5 Å². The van der Waals surface area contributed by atoms with Crippen LogP contribution < -0.4 is 0 Å². The topological polar surface area (TPSA) is 18.1 Å². The van der Waals surface area contributed by atoms with E-state index in [2.05, 4.69) is 65.2 Å². The molecule has 2 heterocycles. The summed E-state index contributed by atoms with van der Waals surface area (Å²) in [6.45, 7) is 0. The van der Waals surface area contributed by atoms with Gasteiger partial charge in [0.05, 0.1) is 5.52 Å². The molecule has 0 fully saturated rings. The molecule has 0 bridgehead atoms. The maximum atomic E-state index is 6.16. The molecule has 2 nitrogen and oxygen atoms in total. The van der Waals surface area contributed by atoms with E-state index in [4.69, 9.17) is 4.42 Å². The molecular formula is C24H19NO. The molecule has 1 aliphatic rings. The Labute approximate surface area is 151 Å². The molecule has 0 unspecified atom stereocenters. The van der Waals surface area contributed by atoms with E-state index in [9.17, 15) is 0 Å². The standard InChI is InChI=1S/C24H19NO/c1-2-8-16(9-3-1)25-19-12-6-4-10-17(19)23-20(25)14-15-22-24(23)18-11-5-7-13-21(18)26-22/h1-3,5,7-9,11,13-15H,4,6,10,12H2. The zero-order valence-electron chi connectivity index (χ0n) is 14.5. The zero-order chi connectivity index (χ0) is 17.1. The fourth-order valence-electron chi connectivity index (χ4n) is 4.72. The summed E-state index contributed by atoms with van der Waals surface area (Å²) >= 11 is 0. The molecule has 0 amide bonds. The van der Waals surface area contributed by atoms with Crippen molar-refractivity contribution in [2.75, 3.05) is 0 Å². The first-order chi connectivity index (χ1) is 12.9. The summed E-state index contributed by atoms with van der Waals surface area (Å²) in [7, 11) is 0. The summed E-state index contributed by atoms with van der Waals surface area (Å²) in [6, 6.07) is 23.6. The summed E-state index contributed by atoms with van der Waals surface area (Å²) in [4.78, 5) is 0. The first kappa shape index (κ1) is 14.2. The van der Waals surface area contributed by atoms with Crippen LogP contribution in [-0.4, -0.2) is 4.57 Å². The number of aromatic nitrogens is 1. The molecule has 0 spiro atoms. The predicted octanol–water partition coefficient (Wildman–Crippen LogP) is 6.41. The Morgan fingerprint density at radius 1 is 0.692 bits per heavy atom. The lowest BCUT2D eigenvalue weighted by Gasteiger charge is -2.16. The van der Waals surface area contributed by atoms with Crippen molar-refractivity contribution in [1.29, 1.82) is 0 Å². The summed E-state index contributed by atoms with van der Waals surface area (Å²) in [6.07, 6.45) is 4.85. The Balaban J connectivity index is 1.84. The number of fused-ring (bicyclic) bond motifs is 7. The summed E-state index contributed by atoms with van der Waals surface area (Å²) in [5.41, 5.74) is 7.54. The van der Waals surface area contributed by atoms with E-state index in [1.807, 2.05) is 6.07 Å². The van der Waals surface area contributed by atoms with E-state index in [1.54, 1.807) is 0 Å². The first-order valence-corrected chi connectivity index (χ1v) is 9.43. The highest BCUT2D eigenvalue weighted by Crippen LogP contribution is 2.41. The van der Waals surface area contributed by atoms with Gasteiger partial charge in [-0.25, -0.2) is 0 Å². The summed E-state index contributed by atoms with van der Waals surface area (Å²) in [5, 5.41) is 3.91. The number of rotatable bonds is 1. The van der Waals surface area contributed by atoms with Gasteiger partial charge in [0.25, 0.3) is 0 Å². The van der Waals surface area contributed by atoms with Crippen LogP contribution in [0.1, 0.15) is 24.1 Å². The molecule has 126 valence electrons. The van der Waals surface area contributed by atoms with Crippen molar-refractivity contribution in [2.24, 2.45) is 0 Å². The fourth-order valence-corrected chi connectivity index (χ4v) is 4.72. The van der Waals surface area contributed by atoms with Gasteiger partial charge in [-0.3, -0.25) is 0 Å². The van der Waals surface area contributed by atoms with E-state index in [0.717, 1.165) is 24.0 Å². The molecule has 0 atom stereocenters. The molecule has 2 heteroatoms. The van der Waals surface area contributed by atoms with Crippen molar-refractivity contribution >= 4 is 32.8 Å². The van der Waals surface area contributed by atoms with Crippen molar-refractivity contribution in [3.8, 4) is 5.69 Å². The minimum absolute atomic E-state index is 0.979. The third-order valence-corrected chi connectivity index (χ3v) is 5.79. The van der Waals surface area contributed by atoms with Crippen LogP contribution in [-0.2, 0) is 12.8 Å². The van der Waals surface area contributed by atoms with Gasteiger partial charge in [0.2, 0.25) is 0 Å². The molecule has 1 aliphatic carbocycles. The van der Waals surface area contributed by atoms with Crippen LogP contribution >= 0.6 is 0 Å². The minimum Gasteiger partial charge on any atom is -0.456 e. The van der Waals surface area contributed by atoms with Crippen molar-refractivity contribution in [1.82, 2.24) is 4.57 Å². The van der Waals surface area contributed by atoms with Crippen LogP contribution in [0, 0.1) is 0 Å². The van der Waals surface area contributed by atoms with Crippen molar-refractivity contribution < 1.29 is 4.42 Å². The lowest BCUT2D eigenvalue weighted by atomic mass is 9.94. The second-order valence-electron chi connectivity index (χ2n) is 7.23. The monoisotopic (exact) mass is 337 g/mol. The highest BCUT2D eigenvalue weighted by Gasteiger charge is 2.24. The van der Waals surface area contributed by atoms with Gasteiger partial charge in [-0.15, -0.1) is 0 Å². The van der Waals surface area contributed by atoms with Gasteiger partial charge in [0.15, 0.2) is 0 Å². The molecule has 26 heavy (non-hydrogen) atoms. The van der Waals surface area contributed by atoms with Crippen LogP contribution in [0.15, 0.2) is 71.1 Å². The Morgan fingerprint density at radius 2 is 1.50 bits per heavy atom. The minimum atomic E-state index is 0.979. The zero-order valence-corrected chi connectivity index (χ0v) is 14.5. The number of benzene rings is 3. The van der Waals surface area contributed by atoms with E-state index in [-0.39, 0.29) is 0 Å². The normalized spacial score (nSPS) is 14.3.